The molecule has 13 heteroatoms. The molecule has 0 saturated carbocycles. The molecule has 1 aromatic heterocycles. The SMILES string of the molecule is CCN1CCN(Cc2ccc(C(=O)Nc3ccc(C)c(N4Cc5cnc(NC)nc5N(C)C4=O)c3)cc2C(F)(F)F)CC1. The standard InChI is InChI=1S/C30H35F3N8O2/c1-5-39-10-12-40(13-11-39)17-21-8-7-20(14-24(21)30(31,32)33)27(42)36-23-9-6-19(2)25(15-23)41-18-22-16-35-28(34-3)37-26(22)38(4)29(41)43/h6-9,14-16H,5,10-13,17-18H2,1-4H3,(H,36,42)(H,34,35,37). The lowest BCUT2D eigenvalue weighted by Crippen LogP contribution is -2.46. The van der Waals surface area contributed by atoms with Gasteiger partial charge in [-0.2, -0.15) is 18.2 Å². The number of carbonyl (C=O) groups excluding carboxylic acids is 2. The summed E-state index contributed by atoms with van der Waals surface area (Å²) >= 11 is 0. The van der Waals surface area contributed by atoms with Crippen LogP contribution in [0.4, 0.5) is 41.1 Å². The van der Waals surface area contributed by atoms with E-state index in [4.69, 9.17) is 0 Å². The Morgan fingerprint density at radius 3 is 2.44 bits per heavy atom. The number of urea groups is 1. The van der Waals surface area contributed by atoms with Crippen molar-refractivity contribution in [3.8, 4) is 0 Å². The molecule has 0 bridgehead atoms. The average molecular weight is 597 g/mol. The molecule has 228 valence electrons. The van der Waals surface area contributed by atoms with Crippen LogP contribution >= 0.6 is 0 Å². The van der Waals surface area contributed by atoms with Gasteiger partial charge in [0.15, 0.2) is 0 Å². The second kappa shape index (κ2) is 12.2. The van der Waals surface area contributed by atoms with Crippen molar-refractivity contribution in [2.75, 3.05) is 67.3 Å². The number of hydrogen-bond donors (Lipinski definition) is 2. The highest BCUT2D eigenvalue weighted by Gasteiger charge is 2.35. The van der Waals surface area contributed by atoms with Gasteiger partial charge >= 0.3 is 12.2 Å². The van der Waals surface area contributed by atoms with Crippen molar-refractivity contribution in [2.24, 2.45) is 0 Å². The summed E-state index contributed by atoms with van der Waals surface area (Å²) in [5, 5.41) is 5.57. The minimum atomic E-state index is -4.61. The molecule has 2 aliphatic heterocycles. The van der Waals surface area contributed by atoms with Crippen molar-refractivity contribution in [3.63, 3.8) is 0 Å². The number of halogens is 3. The van der Waals surface area contributed by atoms with Crippen LogP contribution in [0.1, 0.15) is 39.5 Å². The molecule has 43 heavy (non-hydrogen) atoms. The molecule has 5 rings (SSSR count). The first-order chi connectivity index (χ1) is 20.5. The number of nitrogens with zero attached hydrogens (tertiary/aromatic N) is 6. The number of likely N-dealkylation sites (N-methyl/N-ethyl adjacent to an activating group) is 1. The number of fused-ring (bicyclic) bond motifs is 1. The Kier molecular flexibility index (Phi) is 8.56. The predicted octanol–water partition coefficient (Wildman–Crippen LogP) is 4.81. The maximum atomic E-state index is 14.1. The quantitative estimate of drug-likeness (QED) is 0.404. The van der Waals surface area contributed by atoms with Crippen LogP contribution in [-0.4, -0.2) is 78.5 Å². The number of aromatic nitrogens is 2. The lowest BCUT2D eigenvalue weighted by molar-refractivity contribution is -0.138. The summed E-state index contributed by atoms with van der Waals surface area (Å²) in [6.07, 6.45) is -2.96. The molecule has 10 nitrogen and oxygen atoms in total. The van der Waals surface area contributed by atoms with Crippen LogP contribution < -0.4 is 20.4 Å². The number of hydrogen-bond acceptors (Lipinski definition) is 7. The van der Waals surface area contributed by atoms with Gasteiger partial charge in [0.05, 0.1) is 17.8 Å². The molecular formula is C30H35F3N8O2. The largest absolute Gasteiger partial charge is 0.416 e. The number of alkyl halides is 3. The van der Waals surface area contributed by atoms with Gasteiger partial charge in [-0.3, -0.25) is 19.5 Å². The van der Waals surface area contributed by atoms with Gasteiger partial charge in [-0.1, -0.05) is 19.1 Å². The molecule has 0 unspecified atom stereocenters. The second-order valence-corrected chi connectivity index (χ2v) is 10.8. The highest BCUT2D eigenvalue weighted by Crippen LogP contribution is 2.35. The summed E-state index contributed by atoms with van der Waals surface area (Å²) in [7, 11) is 3.31. The zero-order chi connectivity index (χ0) is 30.9. The topological polar surface area (TPSA) is 96.9 Å². The van der Waals surface area contributed by atoms with Gasteiger partial charge in [0.2, 0.25) is 5.95 Å². The van der Waals surface area contributed by atoms with Gasteiger partial charge in [-0.05, 0) is 48.9 Å². The summed E-state index contributed by atoms with van der Waals surface area (Å²) in [6.45, 7) is 8.20. The maximum Gasteiger partial charge on any atom is 0.416 e. The van der Waals surface area contributed by atoms with E-state index in [9.17, 15) is 22.8 Å². The van der Waals surface area contributed by atoms with Crippen molar-refractivity contribution < 1.29 is 22.8 Å². The van der Waals surface area contributed by atoms with Gasteiger partial charge in [0.25, 0.3) is 5.91 Å². The van der Waals surface area contributed by atoms with E-state index in [0.29, 0.717) is 36.2 Å². The van der Waals surface area contributed by atoms with E-state index in [1.54, 1.807) is 43.4 Å². The van der Waals surface area contributed by atoms with Crippen molar-refractivity contribution in [1.29, 1.82) is 0 Å². The van der Waals surface area contributed by atoms with E-state index in [0.717, 1.165) is 36.8 Å². The average Bonchev–Trinajstić information content (AvgIpc) is 2.99. The molecule has 3 heterocycles. The van der Waals surface area contributed by atoms with E-state index in [1.807, 2.05) is 11.8 Å². The Bertz CT molecular complexity index is 1520. The molecule has 0 radical (unpaired) electrons. The third-order valence-corrected chi connectivity index (χ3v) is 7.97. The Morgan fingerprint density at radius 1 is 1.05 bits per heavy atom. The van der Waals surface area contributed by atoms with Crippen LogP contribution in [0.5, 0.6) is 0 Å². The van der Waals surface area contributed by atoms with Gasteiger partial charge in [-0.25, -0.2) is 9.78 Å². The molecule has 2 aliphatic rings. The van der Waals surface area contributed by atoms with E-state index >= 15 is 0 Å². The molecule has 3 amide bonds. The minimum Gasteiger partial charge on any atom is -0.357 e. The number of piperazine rings is 1. The van der Waals surface area contributed by atoms with Crippen LogP contribution in [-0.2, 0) is 19.3 Å². The highest BCUT2D eigenvalue weighted by molar-refractivity contribution is 6.07. The van der Waals surface area contributed by atoms with Gasteiger partial charge in [0.1, 0.15) is 5.82 Å². The Balaban J connectivity index is 1.35. The van der Waals surface area contributed by atoms with E-state index in [1.165, 1.54) is 17.0 Å². The summed E-state index contributed by atoms with van der Waals surface area (Å²) < 4.78 is 42.3. The zero-order valence-corrected chi connectivity index (χ0v) is 24.6. The minimum absolute atomic E-state index is 0.103. The molecule has 0 aliphatic carbocycles. The van der Waals surface area contributed by atoms with Gasteiger partial charge in [0, 0.05) is 69.8 Å². The van der Waals surface area contributed by atoms with Crippen molar-refractivity contribution in [1.82, 2.24) is 19.8 Å². The first-order valence-electron chi connectivity index (χ1n) is 14.1. The number of anilines is 4. The summed E-state index contributed by atoms with van der Waals surface area (Å²) in [5.74, 6) is 0.211. The van der Waals surface area contributed by atoms with E-state index in [-0.39, 0.29) is 30.2 Å². The van der Waals surface area contributed by atoms with Gasteiger partial charge < -0.3 is 15.5 Å². The van der Waals surface area contributed by atoms with Gasteiger partial charge in [-0.15, -0.1) is 0 Å². The lowest BCUT2D eigenvalue weighted by Gasteiger charge is -2.35. The van der Waals surface area contributed by atoms with Crippen molar-refractivity contribution >= 4 is 35.1 Å². The molecule has 2 N–H and O–H groups in total. The number of nitrogens with one attached hydrogen (secondary N) is 2. The van der Waals surface area contributed by atoms with Crippen LogP contribution in [0.3, 0.4) is 0 Å². The third kappa shape index (κ3) is 6.42. The molecule has 0 spiro atoms. The molecule has 2 aromatic carbocycles. The van der Waals surface area contributed by atoms with Crippen molar-refractivity contribution in [3.05, 3.63) is 70.4 Å². The lowest BCUT2D eigenvalue weighted by atomic mass is 10.0. The van der Waals surface area contributed by atoms with Crippen molar-refractivity contribution in [2.45, 2.75) is 33.1 Å². The third-order valence-electron chi connectivity index (χ3n) is 7.97. The monoisotopic (exact) mass is 596 g/mol. The van der Waals surface area contributed by atoms with Crippen LogP contribution in [0, 0.1) is 6.92 Å². The summed E-state index contributed by atoms with van der Waals surface area (Å²) in [5.41, 5.74) is 1.64. The summed E-state index contributed by atoms with van der Waals surface area (Å²) in [6, 6.07) is 8.46. The molecule has 1 saturated heterocycles. The highest BCUT2D eigenvalue weighted by atomic mass is 19.4. The number of benzene rings is 2. The number of amides is 3. The van der Waals surface area contributed by atoms with Crippen LogP contribution in [0.25, 0.3) is 0 Å². The Hall–Kier alpha value is -4.23. The zero-order valence-electron chi connectivity index (χ0n) is 24.6. The maximum absolute atomic E-state index is 14.1. The molecule has 1 fully saturated rings. The number of aryl methyl sites for hydroxylation is 1. The fourth-order valence-electron chi connectivity index (χ4n) is 5.42. The fraction of sp³-hybridized carbons (Fsp3) is 0.400. The number of rotatable bonds is 7. The Morgan fingerprint density at radius 2 is 1.77 bits per heavy atom. The Labute approximate surface area is 248 Å². The predicted molar refractivity (Wildman–Crippen MR) is 160 cm³/mol. The fourth-order valence-corrected chi connectivity index (χ4v) is 5.42. The first-order valence-corrected chi connectivity index (χ1v) is 14.1. The molecule has 3 aromatic rings. The van der Waals surface area contributed by atoms with Crippen LogP contribution in [0.2, 0.25) is 0 Å². The van der Waals surface area contributed by atoms with Crippen LogP contribution in [0.15, 0.2) is 42.6 Å². The summed E-state index contributed by atoms with van der Waals surface area (Å²) in [4.78, 5) is 42.4. The molecule has 0 atom stereocenters. The number of carbonyl (C=O) groups is 2. The molecular weight excluding hydrogens is 561 g/mol. The van der Waals surface area contributed by atoms with E-state index < -0.39 is 17.6 Å². The second-order valence-electron chi connectivity index (χ2n) is 10.8. The van der Waals surface area contributed by atoms with E-state index in [2.05, 4.69) is 32.4 Å². The smallest absolute Gasteiger partial charge is 0.357 e. The first kappa shape index (κ1) is 30.2. The normalized spacial score (nSPS) is 16.3.